The smallest absolute Gasteiger partial charge is 0.254 e. The van der Waals surface area contributed by atoms with Crippen molar-refractivity contribution < 1.29 is 9.59 Å². The van der Waals surface area contributed by atoms with Gasteiger partial charge in [0.15, 0.2) is 5.78 Å². The normalized spacial score (nSPS) is 19.1. The van der Waals surface area contributed by atoms with Crippen molar-refractivity contribution in [3.63, 3.8) is 0 Å². The Morgan fingerprint density at radius 1 is 1.21 bits per heavy atom. The minimum absolute atomic E-state index is 0.150. The van der Waals surface area contributed by atoms with E-state index in [1.807, 2.05) is 43.5 Å². The second-order valence-electron chi connectivity index (χ2n) is 7.39. The van der Waals surface area contributed by atoms with E-state index in [4.69, 9.17) is 0 Å². The number of amides is 1. The quantitative estimate of drug-likeness (QED) is 0.647. The van der Waals surface area contributed by atoms with Gasteiger partial charge in [0.2, 0.25) is 0 Å². The topological polar surface area (TPSA) is 58.2 Å². The Labute approximate surface area is 179 Å². The van der Waals surface area contributed by atoms with Crippen LogP contribution in [0.2, 0.25) is 0 Å². The van der Waals surface area contributed by atoms with Gasteiger partial charge < -0.3 is 10.6 Å². The van der Waals surface area contributed by atoms with Crippen LogP contribution < -0.4 is 10.6 Å². The summed E-state index contributed by atoms with van der Waals surface area (Å²) in [5.74, 6) is -0.334. The molecule has 0 spiro atoms. The molecule has 0 saturated carbocycles. The van der Waals surface area contributed by atoms with Crippen LogP contribution >= 0.6 is 23.1 Å². The van der Waals surface area contributed by atoms with Crippen molar-refractivity contribution in [1.29, 1.82) is 0 Å². The second kappa shape index (κ2) is 8.20. The van der Waals surface area contributed by atoms with E-state index in [1.165, 1.54) is 4.88 Å². The average molecular weight is 425 g/mol. The van der Waals surface area contributed by atoms with Crippen molar-refractivity contribution in [3.8, 4) is 0 Å². The number of thioether (sulfide) groups is 1. The van der Waals surface area contributed by atoms with Gasteiger partial charge in [-0.25, -0.2) is 0 Å². The number of anilines is 1. The summed E-state index contributed by atoms with van der Waals surface area (Å²) in [7, 11) is 0. The van der Waals surface area contributed by atoms with Gasteiger partial charge in [-0.15, -0.1) is 23.1 Å². The zero-order valence-corrected chi connectivity index (χ0v) is 18.4. The summed E-state index contributed by atoms with van der Waals surface area (Å²) in [4.78, 5) is 27.6. The monoisotopic (exact) mass is 424 g/mol. The molecular formula is C23H24N2O2S2. The van der Waals surface area contributed by atoms with Gasteiger partial charge in [0.1, 0.15) is 0 Å². The Kier molecular flexibility index (Phi) is 5.65. The molecule has 2 N–H and O–H groups in total. The number of carbonyl (C=O) groups excluding carboxylic acids is 2. The molecule has 1 atom stereocenters. The van der Waals surface area contributed by atoms with Crippen LogP contribution in [-0.2, 0) is 9.59 Å². The van der Waals surface area contributed by atoms with Crippen LogP contribution in [0, 0.1) is 6.92 Å². The number of Topliss-reactive ketones (excluding diaryl/α,β-unsaturated/α-hetero) is 1. The number of allylic oxidation sites excluding steroid dienone is 3. The first-order valence-corrected chi connectivity index (χ1v) is 11.8. The Balaban J connectivity index is 1.83. The molecule has 1 aliphatic carbocycles. The van der Waals surface area contributed by atoms with E-state index in [1.54, 1.807) is 23.1 Å². The molecule has 1 aliphatic heterocycles. The molecule has 2 aliphatic rings. The summed E-state index contributed by atoms with van der Waals surface area (Å²) < 4.78 is 1.16. The highest BCUT2D eigenvalue weighted by atomic mass is 32.2. The molecule has 2 heterocycles. The number of hydrogen-bond donors (Lipinski definition) is 2. The molecule has 0 fully saturated rings. The standard InChI is InChI=1S/C23H24N2O2S2/c1-13-12-16(23(28-3)29-13)20-19(22(27)25-15-8-5-4-6-9-15)14(2)24-17-10-7-11-18(26)21(17)20/h4-6,8-9,12,20,24H,7,10-11H2,1-3H3,(H,25,27)/t20-/m0/s1. The highest BCUT2D eigenvalue weighted by molar-refractivity contribution is 8.00. The van der Waals surface area contributed by atoms with Crippen LogP contribution in [0.25, 0.3) is 0 Å². The number of carbonyl (C=O) groups is 2. The van der Waals surface area contributed by atoms with Gasteiger partial charge in [-0.2, -0.15) is 0 Å². The number of thiophene rings is 1. The Bertz CT molecular complexity index is 1030. The van der Waals surface area contributed by atoms with Gasteiger partial charge in [-0.1, -0.05) is 18.2 Å². The zero-order valence-electron chi connectivity index (χ0n) is 16.8. The van der Waals surface area contributed by atoms with Crippen molar-refractivity contribution in [3.05, 3.63) is 69.4 Å². The zero-order chi connectivity index (χ0) is 20.5. The number of dihydropyridines is 1. The number of hydrogen-bond acceptors (Lipinski definition) is 5. The lowest BCUT2D eigenvalue weighted by molar-refractivity contribution is -0.116. The number of para-hydroxylation sites is 1. The van der Waals surface area contributed by atoms with E-state index >= 15 is 0 Å². The molecular weight excluding hydrogens is 400 g/mol. The second-order valence-corrected chi connectivity index (χ2v) is 9.72. The summed E-state index contributed by atoms with van der Waals surface area (Å²) in [5, 5.41) is 6.41. The molecule has 0 unspecified atom stereocenters. The third-order valence-corrected chi connectivity index (χ3v) is 7.61. The maximum absolute atomic E-state index is 13.4. The number of aryl methyl sites for hydroxylation is 1. The Morgan fingerprint density at radius 2 is 1.97 bits per heavy atom. The lowest BCUT2D eigenvalue weighted by Gasteiger charge is -2.34. The highest BCUT2D eigenvalue weighted by Crippen LogP contribution is 2.47. The molecule has 1 aromatic heterocycles. The third-order valence-electron chi connectivity index (χ3n) is 5.40. The predicted octanol–water partition coefficient (Wildman–Crippen LogP) is 5.39. The first-order chi connectivity index (χ1) is 14.0. The van der Waals surface area contributed by atoms with Crippen molar-refractivity contribution in [2.45, 2.75) is 43.2 Å². The van der Waals surface area contributed by atoms with Crippen LogP contribution in [0.4, 0.5) is 5.69 Å². The van der Waals surface area contributed by atoms with Gasteiger partial charge in [-0.3, -0.25) is 9.59 Å². The number of nitrogens with one attached hydrogen (secondary N) is 2. The van der Waals surface area contributed by atoms with Gasteiger partial charge in [0.25, 0.3) is 5.91 Å². The van der Waals surface area contributed by atoms with Crippen LogP contribution in [0.5, 0.6) is 0 Å². The van der Waals surface area contributed by atoms with E-state index < -0.39 is 0 Å². The molecule has 150 valence electrons. The molecule has 4 rings (SSSR count). The number of ketones is 1. The summed E-state index contributed by atoms with van der Waals surface area (Å²) in [6, 6.07) is 11.6. The molecule has 6 heteroatoms. The third kappa shape index (κ3) is 3.79. The molecule has 1 amide bonds. The van der Waals surface area contributed by atoms with Crippen LogP contribution in [0.1, 0.15) is 42.5 Å². The lowest BCUT2D eigenvalue weighted by atomic mass is 9.75. The largest absolute Gasteiger partial charge is 0.362 e. The highest BCUT2D eigenvalue weighted by Gasteiger charge is 2.39. The number of rotatable bonds is 4. The van der Waals surface area contributed by atoms with E-state index in [-0.39, 0.29) is 17.6 Å². The van der Waals surface area contributed by atoms with Gasteiger partial charge in [-0.05, 0) is 56.7 Å². The van der Waals surface area contributed by atoms with Crippen molar-refractivity contribution in [2.75, 3.05) is 11.6 Å². The van der Waals surface area contributed by atoms with Gasteiger partial charge in [0, 0.05) is 45.4 Å². The van der Waals surface area contributed by atoms with Crippen molar-refractivity contribution >= 4 is 40.5 Å². The predicted molar refractivity (Wildman–Crippen MR) is 120 cm³/mol. The lowest BCUT2D eigenvalue weighted by Crippen LogP contribution is -2.35. The molecule has 0 radical (unpaired) electrons. The SMILES string of the molecule is CSc1sc(C)cc1[C@H]1C(C(=O)Nc2ccccc2)=C(C)NC2=C1C(=O)CCC2. The molecule has 29 heavy (non-hydrogen) atoms. The van der Waals surface area contributed by atoms with Crippen LogP contribution in [0.15, 0.2) is 63.1 Å². The first kappa shape index (κ1) is 20.0. The Morgan fingerprint density at radius 3 is 2.69 bits per heavy atom. The van der Waals surface area contributed by atoms with E-state index in [0.29, 0.717) is 12.0 Å². The summed E-state index contributed by atoms with van der Waals surface area (Å²) in [6.07, 6.45) is 4.30. The van der Waals surface area contributed by atoms with Crippen LogP contribution in [-0.4, -0.2) is 17.9 Å². The van der Waals surface area contributed by atoms with Gasteiger partial charge in [0.05, 0.1) is 4.21 Å². The summed E-state index contributed by atoms with van der Waals surface area (Å²) in [6.45, 7) is 4.01. The summed E-state index contributed by atoms with van der Waals surface area (Å²) >= 11 is 3.40. The molecule has 0 saturated heterocycles. The van der Waals surface area contributed by atoms with E-state index in [2.05, 4.69) is 23.6 Å². The minimum Gasteiger partial charge on any atom is -0.362 e. The molecule has 4 nitrogen and oxygen atoms in total. The Hall–Kier alpha value is -2.31. The summed E-state index contributed by atoms with van der Waals surface area (Å²) in [5.41, 5.74) is 5.03. The maximum Gasteiger partial charge on any atom is 0.254 e. The fraction of sp³-hybridized carbons (Fsp3) is 0.304. The van der Waals surface area contributed by atoms with E-state index in [9.17, 15) is 9.59 Å². The van der Waals surface area contributed by atoms with Crippen molar-refractivity contribution in [1.82, 2.24) is 5.32 Å². The van der Waals surface area contributed by atoms with Crippen molar-refractivity contribution in [2.24, 2.45) is 0 Å². The first-order valence-electron chi connectivity index (χ1n) is 9.74. The average Bonchev–Trinajstić information content (AvgIpc) is 3.08. The maximum atomic E-state index is 13.4. The van der Waals surface area contributed by atoms with E-state index in [0.717, 1.165) is 45.3 Å². The minimum atomic E-state index is -0.324. The van der Waals surface area contributed by atoms with Gasteiger partial charge >= 0.3 is 0 Å². The van der Waals surface area contributed by atoms with Crippen LogP contribution in [0.3, 0.4) is 0 Å². The number of benzene rings is 1. The fourth-order valence-corrected chi connectivity index (χ4v) is 6.10. The molecule has 0 bridgehead atoms. The molecule has 2 aromatic rings. The fourth-order valence-electron chi connectivity index (χ4n) is 4.19. The molecule has 1 aromatic carbocycles.